The number of nitrogens with zero attached hydrogens (tertiary/aromatic N) is 2. The predicted octanol–water partition coefficient (Wildman–Crippen LogP) is 3.19. The fourth-order valence-corrected chi connectivity index (χ4v) is 1.82. The van der Waals surface area contributed by atoms with E-state index in [1.807, 2.05) is 37.3 Å². The quantitative estimate of drug-likeness (QED) is 0.919. The van der Waals surface area contributed by atoms with Crippen LogP contribution in [0.15, 0.2) is 24.3 Å². The number of imidazole rings is 1. The lowest BCUT2D eigenvalue weighted by Crippen LogP contribution is -1.91. The molecule has 0 saturated carbocycles. The molecule has 18 heavy (non-hydrogen) atoms. The maximum absolute atomic E-state index is 8.66. The summed E-state index contributed by atoms with van der Waals surface area (Å²) in [5.41, 5.74) is 1.52. The summed E-state index contributed by atoms with van der Waals surface area (Å²) in [5, 5.41) is 9.00. The van der Waals surface area contributed by atoms with Crippen LogP contribution in [0, 0.1) is 11.3 Å². The molecule has 0 saturated heterocycles. The van der Waals surface area contributed by atoms with Crippen molar-refractivity contribution in [3.63, 3.8) is 0 Å². The largest absolute Gasteiger partial charge is 0.494 e. The van der Waals surface area contributed by atoms with Gasteiger partial charge in [-0.3, -0.25) is 0 Å². The van der Waals surface area contributed by atoms with Crippen LogP contribution < -0.4 is 4.74 Å². The predicted molar refractivity (Wildman–Crippen MR) is 69.5 cm³/mol. The minimum absolute atomic E-state index is 0.219. The highest BCUT2D eigenvalue weighted by atomic mass is 35.5. The molecular weight excluding hydrogens is 250 g/mol. The number of benzene rings is 1. The molecule has 0 atom stereocenters. The first-order chi connectivity index (χ1) is 8.74. The van der Waals surface area contributed by atoms with Crippen LogP contribution in [0.5, 0.6) is 5.75 Å². The standard InChI is InChI=1S/C13H12ClN3O/c1-2-18-10-5-3-4-9(8-10)13-16-11(6-7-15)12(14)17-13/h3-5,8H,2,6H2,1H3,(H,16,17). The van der Waals surface area contributed by atoms with Crippen LogP contribution in [0.25, 0.3) is 11.4 Å². The van der Waals surface area contributed by atoms with Gasteiger partial charge in [0.15, 0.2) is 5.15 Å². The Morgan fingerprint density at radius 3 is 3.06 bits per heavy atom. The van der Waals surface area contributed by atoms with Gasteiger partial charge in [0.05, 0.1) is 24.8 Å². The number of halogens is 1. The third kappa shape index (κ3) is 2.63. The van der Waals surface area contributed by atoms with E-state index in [4.69, 9.17) is 21.6 Å². The van der Waals surface area contributed by atoms with E-state index in [0.29, 0.717) is 23.3 Å². The third-order valence-corrected chi connectivity index (χ3v) is 2.72. The highest BCUT2D eigenvalue weighted by Crippen LogP contribution is 2.24. The van der Waals surface area contributed by atoms with Crippen LogP contribution in [0.3, 0.4) is 0 Å². The molecule has 0 aliphatic rings. The number of aromatic amines is 1. The minimum Gasteiger partial charge on any atom is -0.494 e. The number of ether oxygens (including phenoxy) is 1. The Morgan fingerprint density at radius 1 is 1.50 bits per heavy atom. The lowest BCUT2D eigenvalue weighted by atomic mass is 10.2. The zero-order chi connectivity index (χ0) is 13.0. The van der Waals surface area contributed by atoms with E-state index in [2.05, 4.69) is 9.97 Å². The van der Waals surface area contributed by atoms with Gasteiger partial charge in [0, 0.05) is 5.56 Å². The summed E-state index contributed by atoms with van der Waals surface area (Å²) in [4.78, 5) is 7.25. The molecule has 1 N–H and O–H groups in total. The molecule has 92 valence electrons. The zero-order valence-electron chi connectivity index (χ0n) is 9.90. The summed E-state index contributed by atoms with van der Waals surface area (Å²) < 4.78 is 5.43. The molecule has 0 spiro atoms. The van der Waals surface area contributed by atoms with E-state index in [9.17, 15) is 0 Å². The first kappa shape index (κ1) is 12.5. The molecule has 2 rings (SSSR count). The summed E-state index contributed by atoms with van der Waals surface area (Å²) in [7, 11) is 0. The second-order valence-electron chi connectivity index (χ2n) is 3.65. The van der Waals surface area contributed by atoms with Crippen molar-refractivity contribution in [2.75, 3.05) is 6.61 Å². The second-order valence-corrected chi connectivity index (χ2v) is 4.01. The fraction of sp³-hybridized carbons (Fsp3) is 0.231. The van der Waals surface area contributed by atoms with E-state index in [1.165, 1.54) is 0 Å². The summed E-state index contributed by atoms with van der Waals surface area (Å²) in [5.74, 6) is 1.43. The van der Waals surface area contributed by atoms with Crippen molar-refractivity contribution in [2.24, 2.45) is 0 Å². The normalized spacial score (nSPS) is 10.1. The first-order valence-electron chi connectivity index (χ1n) is 5.59. The van der Waals surface area contributed by atoms with Crippen LogP contribution in [0.4, 0.5) is 0 Å². The van der Waals surface area contributed by atoms with Gasteiger partial charge < -0.3 is 9.72 Å². The van der Waals surface area contributed by atoms with Gasteiger partial charge in [-0.25, -0.2) is 4.98 Å². The molecule has 0 aliphatic carbocycles. The Bertz CT molecular complexity index is 586. The molecule has 2 aromatic rings. The second kappa shape index (κ2) is 5.56. The number of H-pyrrole nitrogens is 1. The van der Waals surface area contributed by atoms with E-state index in [-0.39, 0.29) is 6.42 Å². The topological polar surface area (TPSA) is 61.7 Å². The van der Waals surface area contributed by atoms with Crippen molar-refractivity contribution in [1.29, 1.82) is 5.26 Å². The van der Waals surface area contributed by atoms with Gasteiger partial charge in [-0.1, -0.05) is 23.7 Å². The Kier molecular flexibility index (Phi) is 3.85. The lowest BCUT2D eigenvalue weighted by molar-refractivity contribution is 0.340. The van der Waals surface area contributed by atoms with Gasteiger partial charge in [0.25, 0.3) is 0 Å². The van der Waals surface area contributed by atoms with Gasteiger partial charge in [0.1, 0.15) is 11.6 Å². The maximum Gasteiger partial charge on any atom is 0.151 e. The van der Waals surface area contributed by atoms with Crippen LogP contribution in [-0.2, 0) is 6.42 Å². The van der Waals surface area contributed by atoms with Gasteiger partial charge in [-0.2, -0.15) is 5.26 Å². The van der Waals surface area contributed by atoms with Gasteiger partial charge >= 0.3 is 0 Å². The molecule has 5 heteroatoms. The average Bonchev–Trinajstić information content (AvgIpc) is 2.73. The van der Waals surface area contributed by atoms with Crippen molar-refractivity contribution < 1.29 is 4.74 Å². The van der Waals surface area contributed by atoms with Crippen molar-refractivity contribution in [2.45, 2.75) is 13.3 Å². The molecule has 1 heterocycles. The van der Waals surface area contributed by atoms with Gasteiger partial charge in [0.2, 0.25) is 0 Å². The maximum atomic E-state index is 8.66. The molecule has 1 aromatic heterocycles. The molecule has 0 amide bonds. The third-order valence-electron chi connectivity index (χ3n) is 2.40. The van der Waals surface area contributed by atoms with Gasteiger partial charge in [-0.05, 0) is 19.1 Å². The van der Waals surface area contributed by atoms with Crippen LogP contribution in [0.1, 0.15) is 12.6 Å². The van der Waals surface area contributed by atoms with Crippen LogP contribution in [0.2, 0.25) is 5.15 Å². The average molecular weight is 262 g/mol. The molecule has 1 aromatic carbocycles. The Morgan fingerprint density at radius 2 is 2.33 bits per heavy atom. The summed E-state index contributed by atoms with van der Waals surface area (Å²) in [6.07, 6.45) is 0.219. The number of nitriles is 1. The number of nitrogens with one attached hydrogen (secondary N) is 1. The number of hydrogen-bond acceptors (Lipinski definition) is 3. The van der Waals surface area contributed by atoms with Crippen LogP contribution >= 0.6 is 11.6 Å². The number of aromatic nitrogens is 2. The number of hydrogen-bond donors (Lipinski definition) is 1. The van der Waals surface area contributed by atoms with E-state index < -0.39 is 0 Å². The lowest BCUT2D eigenvalue weighted by Gasteiger charge is -2.03. The summed E-state index contributed by atoms with van der Waals surface area (Å²) in [6, 6.07) is 9.61. The highest BCUT2D eigenvalue weighted by Gasteiger charge is 2.10. The molecule has 0 aliphatic heterocycles. The molecule has 0 bridgehead atoms. The van der Waals surface area contributed by atoms with Crippen LogP contribution in [-0.4, -0.2) is 16.6 Å². The summed E-state index contributed by atoms with van der Waals surface area (Å²) >= 11 is 5.95. The number of rotatable bonds is 4. The minimum atomic E-state index is 0.219. The smallest absolute Gasteiger partial charge is 0.151 e. The fourth-order valence-electron chi connectivity index (χ4n) is 1.62. The van der Waals surface area contributed by atoms with E-state index >= 15 is 0 Å². The molecular formula is C13H12ClN3O. The highest BCUT2D eigenvalue weighted by molar-refractivity contribution is 6.30. The Balaban J connectivity index is 2.33. The molecule has 0 fully saturated rings. The Labute approximate surface area is 110 Å². The first-order valence-corrected chi connectivity index (χ1v) is 5.97. The molecule has 0 unspecified atom stereocenters. The van der Waals surface area contributed by atoms with Gasteiger partial charge in [-0.15, -0.1) is 0 Å². The summed E-state index contributed by atoms with van der Waals surface area (Å²) in [6.45, 7) is 2.55. The van der Waals surface area contributed by atoms with E-state index in [1.54, 1.807) is 0 Å². The zero-order valence-corrected chi connectivity index (χ0v) is 10.7. The van der Waals surface area contributed by atoms with Crippen molar-refractivity contribution in [3.05, 3.63) is 35.1 Å². The molecule has 4 nitrogen and oxygen atoms in total. The van der Waals surface area contributed by atoms with Crippen molar-refractivity contribution in [1.82, 2.24) is 9.97 Å². The van der Waals surface area contributed by atoms with Crippen molar-refractivity contribution in [3.8, 4) is 23.2 Å². The Hall–Kier alpha value is -1.99. The monoisotopic (exact) mass is 261 g/mol. The van der Waals surface area contributed by atoms with Crippen molar-refractivity contribution >= 4 is 11.6 Å². The SMILES string of the molecule is CCOc1cccc(-c2nc(Cl)c(CC#N)[nH]2)c1. The van der Waals surface area contributed by atoms with E-state index in [0.717, 1.165) is 11.3 Å². The molecule has 0 radical (unpaired) electrons.